The van der Waals surface area contributed by atoms with Gasteiger partial charge in [0.2, 0.25) is 6.17 Å². The van der Waals surface area contributed by atoms with Crippen LogP contribution in [0.4, 0.5) is 0 Å². The Morgan fingerprint density at radius 2 is 2.27 bits per heavy atom. The van der Waals surface area contributed by atoms with E-state index >= 15 is 0 Å². The molecule has 1 fully saturated rings. The number of nitrogens with zero attached hydrogens (tertiary/aromatic N) is 2. The molecule has 1 rings (SSSR count). The molecular weight excluding hydrogens is 188 g/mol. The van der Waals surface area contributed by atoms with Crippen molar-refractivity contribution in [1.82, 2.24) is 10.2 Å². The van der Waals surface area contributed by atoms with Gasteiger partial charge in [-0.05, 0) is 13.3 Å². The molecule has 1 saturated heterocycles. The molecule has 0 aromatic rings. The summed E-state index contributed by atoms with van der Waals surface area (Å²) < 4.78 is 2.10. The molecule has 15 heavy (non-hydrogen) atoms. The molecular formula is C11H25N4+. The second-order valence-electron chi connectivity index (χ2n) is 4.38. The van der Waals surface area contributed by atoms with Crippen LogP contribution in [0.25, 0.3) is 0 Å². The van der Waals surface area contributed by atoms with Crippen LogP contribution >= 0.6 is 0 Å². The first kappa shape index (κ1) is 12.6. The van der Waals surface area contributed by atoms with Gasteiger partial charge in [0.25, 0.3) is 0 Å². The van der Waals surface area contributed by atoms with Crippen molar-refractivity contribution in [2.24, 2.45) is 5.73 Å². The van der Waals surface area contributed by atoms with E-state index in [1.165, 1.54) is 6.42 Å². The molecule has 1 heterocycles. The minimum atomic E-state index is 0.160. The van der Waals surface area contributed by atoms with Crippen LogP contribution in [0.3, 0.4) is 0 Å². The highest BCUT2D eigenvalue weighted by molar-refractivity contribution is 5.15. The van der Waals surface area contributed by atoms with Crippen LogP contribution < -0.4 is 11.1 Å². The highest BCUT2D eigenvalue weighted by Gasteiger charge is 2.41. The molecule has 0 aromatic carbocycles. The summed E-state index contributed by atoms with van der Waals surface area (Å²) in [7, 11) is 0. The Morgan fingerprint density at radius 3 is 2.73 bits per heavy atom. The quantitative estimate of drug-likeness (QED) is 0.634. The SMILES string of the molecule is C=[N+]1CNC(C(C)N)C1N(CC)CCC. The third-order valence-electron chi connectivity index (χ3n) is 3.08. The molecule has 1 aliphatic heterocycles. The molecule has 0 spiro atoms. The number of likely N-dealkylation sites (N-methyl/N-ethyl adjacent to an activating group) is 1. The van der Waals surface area contributed by atoms with E-state index in [1.54, 1.807) is 0 Å². The van der Waals surface area contributed by atoms with Crippen LogP contribution in [0.15, 0.2) is 0 Å². The van der Waals surface area contributed by atoms with Gasteiger partial charge < -0.3 is 5.73 Å². The van der Waals surface area contributed by atoms with E-state index in [0.717, 1.165) is 19.8 Å². The van der Waals surface area contributed by atoms with E-state index in [9.17, 15) is 0 Å². The van der Waals surface area contributed by atoms with E-state index in [4.69, 9.17) is 5.73 Å². The number of nitrogens with one attached hydrogen (secondary N) is 1. The first-order valence-electron chi connectivity index (χ1n) is 5.92. The highest BCUT2D eigenvalue weighted by atomic mass is 15.4. The first-order chi connectivity index (χ1) is 7.11. The topological polar surface area (TPSA) is 44.3 Å². The van der Waals surface area contributed by atoms with Gasteiger partial charge in [-0.25, -0.2) is 14.8 Å². The maximum absolute atomic E-state index is 6.00. The Hall–Kier alpha value is -0.450. The van der Waals surface area contributed by atoms with Gasteiger partial charge in [0.15, 0.2) is 6.67 Å². The Bertz CT molecular complexity index is 215. The van der Waals surface area contributed by atoms with Crippen molar-refractivity contribution in [3.63, 3.8) is 0 Å². The monoisotopic (exact) mass is 213 g/mol. The van der Waals surface area contributed by atoms with Gasteiger partial charge in [0.1, 0.15) is 12.8 Å². The second kappa shape index (κ2) is 5.58. The van der Waals surface area contributed by atoms with Crippen LogP contribution in [0.5, 0.6) is 0 Å². The lowest BCUT2D eigenvalue weighted by molar-refractivity contribution is -0.563. The molecule has 0 bridgehead atoms. The maximum atomic E-state index is 6.00. The predicted octanol–water partition coefficient (Wildman–Crippen LogP) is 0.0340. The lowest BCUT2D eigenvalue weighted by Gasteiger charge is -2.28. The summed E-state index contributed by atoms with van der Waals surface area (Å²) >= 11 is 0. The Labute approximate surface area is 93.1 Å². The molecule has 0 radical (unpaired) electrons. The third-order valence-corrected chi connectivity index (χ3v) is 3.08. The normalized spacial score (nSPS) is 28.7. The third kappa shape index (κ3) is 2.77. The van der Waals surface area contributed by atoms with Crippen molar-refractivity contribution in [3.8, 4) is 0 Å². The zero-order valence-electron chi connectivity index (χ0n) is 10.2. The number of rotatable bonds is 5. The zero-order chi connectivity index (χ0) is 11.4. The van der Waals surface area contributed by atoms with Crippen LogP contribution in [-0.4, -0.2) is 54.2 Å². The van der Waals surface area contributed by atoms with Crippen LogP contribution in [0.2, 0.25) is 0 Å². The molecule has 88 valence electrons. The average Bonchev–Trinajstić information content (AvgIpc) is 2.57. The molecule has 0 aliphatic carbocycles. The van der Waals surface area contributed by atoms with Gasteiger partial charge in [-0.15, -0.1) is 0 Å². The van der Waals surface area contributed by atoms with Crippen molar-refractivity contribution in [2.75, 3.05) is 19.8 Å². The summed E-state index contributed by atoms with van der Waals surface area (Å²) in [4.78, 5) is 2.45. The van der Waals surface area contributed by atoms with Gasteiger partial charge in [-0.2, -0.15) is 0 Å². The molecule has 3 atom stereocenters. The lowest BCUT2D eigenvalue weighted by atomic mass is 10.1. The summed E-state index contributed by atoms with van der Waals surface area (Å²) in [5.74, 6) is 0. The fourth-order valence-electron chi connectivity index (χ4n) is 2.33. The van der Waals surface area contributed by atoms with E-state index in [1.807, 2.05) is 0 Å². The fourth-order valence-corrected chi connectivity index (χ4v) is 2.33. The predicted molar refractivity (Wildman–Crippen MR) is 64.1 cm³/mol. The van der Waals surface area contributed by atoms with Crippen molar-refractivity contribution in [3.05, 3.63) is 0 Å². The first-order valence-corrected chi connectivity index (χ1v) is 5.92. The van der Waals surface area contributed by atoms with Crippen molar-refractivity contribution >= 4 is 6.72 Å². The van der Waals surface area contributed by atoms with Crippen molar-refractivity contribution in [2.45, 2.75) is 45.4 Å². The van der Waals surface area contributed by atoms with Crippen LogP contribution in [0.1, 0.15) is 27.2 Å². The largest absolute Gasteiger partial charge is 0.326 e. The van der Waals surface area contributed by atoms with Gasteiger partial charge in [0.05, 0.1) is 0 Å². The maximum Gasteiger partial charge on any atom is 0.226 e. The summed E-state index contributed by atoms with van der Waals surface area (Å²) in [6.45, 7) is 13.5. The number of nitrogens with two attached hydrogens (primary N) is 1. The Kier molecular flexibility index (Phi) is 4.70. The summed E-state index contributed by atoms with van der Waals surface area (Å²) in [5.41, 5.74) is 6.00. The van der Waals surface area contributed by atoms with Gasteiger partial charge in [-0.3, -0.25) is 0 Å². The number of hydrogen-bond donors (Lipinski definition) is 2. The summed E-state index contributed by atoms with van der Waals surface area (Å²) in [6, 6.07) is 0.488. The Morgan fingerprint density at radius 1 is 1.60 bits per heavy atom. The number of hydrogen-bond acceptors (Lipinski definition) is 3. The van der Waals surface area contributed by atoms with Gasteiger partial charge in [0, 0.05) is 19.1 Å². The lowest BCUT2D eigenvalue weighted by Crippen LogP contribution is -2.54. The van der Waals surface area contributed by atoms with E-state index in [2.05, 4.69) is 42.3 Å². The fraction of sp³-hybridized carbons (Fsp3) is 0.909. The van der Waals surface area contributed by atoms with Crippen molar-refractivity contribution < 1.29 is 4.58 Å². The zero-order valence-corrected chi connectivity index (χ0v) is 10.2. The minimum Gasteiger partial charge on any atom is -0.326 e. The van der Waals surface area contributed by atoms with Crippen LogP contribution in [0, 0.1) is 0 Å². The van der Waals surface area contributed by atoms with E-state index < -0.39 is 0 Å². The molecule has 0 aromatic heterocycles. The minimum absolute atomic E-state index is 0.160. The molecule has 4 heteroatoms. The smallest absolute Gasteiger partial charge is 0.226 e. The molecule has 0 saturated carbocycles. The summed E-state index contributed by atoms with van der Waals surface area (Å²) in [6.07, 6.45) is 1.51. The molecule has 4 nitrogen and oxygen atoms in total. The van der Waals surface area contributed by atoms with Gasteiger partial charge in [-0.1, -0.05) is 13.8 Å². The average molecular weight is 213 g/mol. The highest BCUT2D eigenvalue weighted by Crippen LogP contribution is 2.13. The van der Waals surface area contributed by atoms with E-state index in [-0.39, 0.29) is 6.04 Å². The second-order valence-corrected chi connectivity index (χ2v) is 4.38. The van der Waals surface area contributed by atoms with E-state index in [0.29, 0.717) is 12.2 Å². The molecule has 0 amide bonds. The summed E-state index contributed by atoms with van der Waals surface area (Å²) in [5, 5.41) is 3.43. The molecule has 1 aliphatic rings. The molecule has 3 unspecified atom stereocenters. The van der Waals surface area contributed by atoms with Gasteiger partial charge >= 0.3 is 0 Å². The van der Waals surface area contributed by atoms with Crippen molar-refractivity contribution in [1.29, 1.82) is 0 Å². The molecule has 3 N–H and O–H groups in total. The Balaban J connectivity index is 2.73. The standard InChI is InChI=1S/C11H25N4/c1-5-7-15(6-2)11-10(9(3)12)13-8-14(11)4/h9-11,13H,4-8,12H2,1-3H3/q+1. The van der Waals surface area contributed by atoms with Crippen LogP contribution in [-0.2, 0) is 0 Å².